The van der Waals surface area contributed by atoms with Crippen molar-refractivity contribution in [3.8, 4) is 11.5 Å². The highest BCUT2D eigenvalue weighted by atomic mass is 16.5. The zero-order valence-electron chi connectivity index (χ0n) is 9.95. The lowest BCUT2D eigenvalue weighted by Crippen LogP contribution is -2.33. The van der Waals surface area contributed by atoms with Crippen LogP contribution in [0.15, 0.2) is 18.2 Å². The van der Waals surface area contributed by atoms with Gasteiger partial charge in [-0.05, 0) is 18.9 Å². The smallest absolute Gasteiger partial charge is 0.165 e. The van der Waals surface area contributed by atoms with Gasteiger partial charge in [-0.15, -0.1) is 0 Å². The molecular weight excluding hydrogens is 202 g/mol. The van der Waals surface area contributed by atoms with Crippen molar-refractivity contribution in [3.63, 3.8) is 0 Å². The third-order valence-corrected chi connectivity index (χ3v) is 3.44. The summed E-state index contributed by atoms with van der Waals surface area (Å²) >= 11 is 0. The Balaban J connectivity index is 2.47. The van der Waals surface area contributed by atoms with Gasteiger partial charge in [-0.3, -0.25) is 0 Å². The topological polar surface area (TPSA) is 44.5 Å². The van der Waals surface area contributed by atoms with Crippen LogP contribution in [0, 0.1) is 0 Å². The van der Waals surface area contributed by atoms with Crippen LogP contribution in [-0.4, -0.2) is 14.2 Å². The van der Waals surface area contributed by atoms with Crippen LogP contribution in [0.25, 0.3) is 0 Å². The molecule has 2 rings (SSSR count). The van der Waals surface area contributed by atoms with E-state index in [2.05, 4.69) is 0 Å². The summed E-state index contributed by atoms with van der Waals surface area (Å²) in [5.74, 6) is 1.55. The largest absolute Gasteiger partial charge is 0.493 e. The SMILES string of the molecule is COc1cccc(C2(N)CCCC2)c1OC. The second kappa shape index (κ2) is 4.34. The number of methoxy groups -OCH3 is 2. The van der Waals surface area contributed by atoms with Crippen LogP contribution in [0.4, 0.5) is 0 Å². The lowest BCUT2D eigenvalue weighted by molar-refractivity contribution is 0.337. The van der Waals surface area contributed by atoms with E-state index in [0.29, 0.717) is 0 Å². The Labute approximate surface area is 96.5 Å². The van der Waals surface area contributed by atoms with Crippen molar-refractivity contribution in [2.24, 2.45) is 5.73 Å². The Hall–Kier alpha value is -1.22. The van der Waals surface area contributed by atoms with E-state index < -0.39 is 0 Å². The maximum Gasteiger partial charge on any atom is 0.165 e. The van der Waals surface area contributed by atoms with Crippen LogP contribution in [0.3, 0.4) is 0 Å². The van der Waals surface area contributed by atoms with Crippen LogP contribution in [0.1, 0.15) is 31.2 Å². The molecule has 0 aromatic heterocycles. The first kappa shape index (κ1) is 11.3. The van der Waals surface area contributed by atoms with E-state index in [1.54, 1.807) is 14.2 Å². The molecule has 0 radical (unpaired) electrons. The standard InChI is InChI=1S/C13H19NO2/c1-15-11-7-5-6-10(12(11)16-2)13(14)8-3-4-9-13/h5-7H,3-4,8-9,14H2,1-2H3. The van der Waals surface area contributed by atoms with Gasteiger partial charge < -0.3 is 15.2 Å². The summed E-state index contributed by atoms with van der Waals surface area (Å²) in [6, 6.07) is 5.93. The molecule has 1 fully saturated rings. The number of ether oxygens (including phenoxy) is 2. The molecule has 3 nitrogen and oxygen atoms in total. The molecule has 0 bridgehead atoms. The van der Waals surface area contributed by atoms with Gasteiger partial charge in [0.2, 0.25) is 0 Å². The second-order valence-corrected chi connectivity index (χ2v) is 4.40. The van der Waals surface area contributed by atoms with Gasteiger partial charge in [-0.25, -0.2) is 0 Å². The molecular formula is C13H19NO2. The first-order valence-corrected chi connectivity index (χ1v) is 5.71. The number of nitrogens with two attached hydrogens (primary N) is 1. The molecule has 3 heteroatoms. The Morgan fingerprint density at radius 3 is 2.38 bits per heavy atom. The van der Waals surface area contributed by atoms with Gasteiger partial charge in [-0.2, -0.15) is 0 Å². The number of benzene rings is 1. The molecule has 0 saturated heterocycles. The Kier molecular flexibility index (Phi) is 3.06. The third-order valence-electron chi connectivity index (χ3n) is 3.44. The van der Waals surface area contributed by atoms with E-state index in [-0.39, 0.29) is 5.54 Å². The zero-order chi connectivity index (χ0) is 11.6. The molecule has 2 N–H and O–H groups in total. The first-order valence-electron chi connectivity index (χ1n) is 5.71. The molecule has 0 unspecified atom stereocenters. The van der Waals surface area contributed by atoms with Crippen molar-refractivity contribution in [2.45, 2.75) is 31.2 Å². The van der Waals surface area contributed by atoms with Crippen LogP contribution < -0.4 is 15.2 Å². The molecule has 16 heavy (non-hydrogen) atoms. The monoisotopic (exact) mass is 221 g/mol. The minimum atomic E-state index is -0.236. The van der Waals surface area contributed by atoms with Crippen LogP contribution >= 0.6 is 0 Å². The van der Waals surface area contributed by atoms with Gasteiger partial charge in [-0.1, -0.05) is 25.0 Å². The molecule has 0 amide bonds. The normalized spacial score (nSPS) is 18.4. The van der Waals surface area contributed by atoms with Gasteiger partial charge in [0.25, 0.3) is 0 Å². The minimum absolute atomic E-state index is 0.236. The molecule has 0 atom stereocenters. The van der Waals surface area contributed by atoms with Gasteiger partial charge >= 0.3 is 0 Å². The summed E-state index contributed by atoms with van der Waals surface area (Å²) in [6.07, 6.45) is 4.43. The summed E-state index contributed by atoms with van der Waals surface area (Å²) in [5.41, 5.74) is 7.28. The third kappa shape index (κ3) is 1.76. The van der Waals surface area contributed by atoms with Crippen LogP contribution in [0.2, 0.25) is 0 Å². The number of para-hydroxylation sites is 1. The minimum Gasteiger partial charge on any atom is -0.493 e. The van der Waals surface area contributed by atoms with Crippen molar-refractivity contribution in [3.05, 3.63) is 23.8 Å². The number of hydrogen-bond acceptors (Lipinski definition) is 3. The average Bonchev–Trinajstić information content (AvgIpc) is 2.76. The lowest BCUT2D eigenvalue weighted by atomic mass is 9.88. The fourth-order valence-electron chi connectivity index (χ4n) is 2.55. The highest BCUT2D eigenvalue weighted by molar-refractivity contribution is 5.50. The molecule has 0 spiro atoms. The van der Waals surface area contributed by atoms with E-state index >= 15 is 0 Å². The molecule has 1 aromatic carbocycles. The molecule has 0 aliphatic heterocycles. The predicted molar refractivity (Wildman–Crippen MR) is 63.9 cm³/mol. The summed E-state index contributed by atoms with van der Waals surface area (Å²) in [7, 11) is 3.32. The van der Waals surface area contributed by atoms with E-state index in [1.807, 2.05) is 18.2 Å². The maximum atomic E-state index is 6.44. The predicted octanol–water partition coefficient (Wildman–Crippen LogP) is 2.43. The highest BCUT2D eigenvalue weighted by Gasteiger charge is 2.34. The highest BCUT2D eigenvalue weighted by Crippen LogP contribution is 2.43. The lowest BCUT2D eigenvalue weighted by Gasteiger charge is -2.27. The van der Waals surface area contributed by atoms with Gasteiger partial charge in [0.05, 0.1) is 14.2 Å². The molecule has 1 aromatic rings. The van der Waals surface area contributed by atoms with Crippen molar-refractivity contribution >= 4 is 0 Å². The summed E-state index contributed by atoms with van der Waals surface area (Å²) in [4.78, 5) is 0. The Morgan fingerprint density at radius 2 is 1.81 bits per heavy atom. The van der Waals surface area contributed by atoms with Crippen LogP contribution in [0.5, 0.6) is 11.5 Å². The van der Waals surface area contributed by atoms with E-state index in [1.165, 1.54) is 12.8 Å². The van der Waals surface area contributed by atoms with Crippen molar-refractivity contribution in [1.82, 2.24) is 0 Å². The Morgan fingerprint density at radius 1 is 1.12 bits per heavy atom. The summed E-state index contributed by atoms with van der Waals surface area (Å²) < 4.78 is 10.7. The van der Waals surface area contributed by atoms with E-state index in [4.69, 9.17) is 15.2 Å². The molecule has 88 valence electrons. The van der Waals surface area contributed by atoms with Crippen molar-refractivity contribution < 1.29 is 9.47 Å². The zero-order valence-corrected chi connectivity index (χ0v) is 9.95. The van der Waals surface area contributed by atoms with Gasteiger partial charge in [0, 0.05) is 11.1 Å². The molecule has 0 heterocycles. The quantitative estimate of drug-likeness (QED) is 0.852. The fourth-order valence-corrected chi connectivity index (χ4v) is 2.55. The van der Waals surface area contributed by atoms with E-state index in [9.17, 15) is 0 Å². The fraction of sp³-hybridized carbons (Fsp3) is 0.538. The maximum absolute atomic E-state index is 6.44. The molecule has 1 saturated carbocycles. The first-order chi connectivity index (χ1) is 7.71. The Bertz CT molecular complexity index is 370. The van der Waals surface area contributed by atoms with Crippen LogP contribution in [-0.2, 0) is 5.54 Å². The second-order valence-electron chi connectivity index (χ2n) is 4.40. The summed E-state index contributed by atoms with van der Waals surface area (Å²) in [5, 5.41) is 0. The van der Waals surface area contributed by atoms with Gasteiger partial charge in [0.15, 0.2) is 11.5 Å². The molecule has 1 aliphatic rings. The number of rotatable bonds is 3. The van der Waals surface area contributed by atoms with Crippen molar-refractivity contribution in [1.29, 1.82) is 0 Å². The van der Waals surface area contributed by atoms with Crippen molar-refractivity contribution in [2.75, 3.05) is 14.2 Å². The average molecular weight is 221 g/mol. The molecule has 1 aliphatic carbocycles. The summed E-state index contributed by atoms with van der Waals surface area (Å²) in [6.45, 7) is 0. The number of hydrogen-bond donors (Lipinski definition) is 1. The van der Waals surface area contributed by atoms with Gasteiger partial charge in [0.1, 0.15) is 0 Å². The van der Waals surface area contributed by atoms with E-state index in [0.717, 1.165) is 29.9 Å².